The Morgan fingerprint density at radius 2 is 1.79 bits per heavy atom. The van der Waals surface area contributed by atoms with Crippen molar-refractivity contribution in [2.75, 3.05) is 31.1 Å². The Morgan fingerprint density at radius 1 is 1.00 bits per heavy atom. The van der Waals surface area contributed by atoms with Gasteiger partial charge in [-0.3, -0.25) is 0 Å². The molecule has 0 saturated carbocycles. The lowest BCUT2D eigenvalue weighted by atomic mass is 9.92. The van der Waals surface area contributed by atoms with Crippen LogP contribution in [-0.4, -0.2) is 44.6 Å². The lowest BCUT2D eigenvalue weighted by Gasteiger charge is -2.17. The molecule has 0 spiro atoms. The molecule has 1 aliphatic heterocycles. The molecule has 0 radical (unpaired) electrons. The molecule has 7 nitrogen and oxygen atoms in total. The van der Waals surface area contributed by atoms with Crippen molar-refractivity contribution in [3.8, 4) is 5.88 Å². The maximum atomic E-state index is 12.6. The summed E-state index contributed by atoms with van der Waals surface area (Å²) in [6, 6.07) is 7.26. The molecule has 28 heavy (non-hydrogen) atoms. The summed E-state index contributed by atoms with van der Waals surface area (Å²) >= 11 is 0. The van der Waals surface area contributed by atoms with Gasteiger partial charge in [-0.25, -0.2) is 23.1 Å². The van der Waals surface area contributed by atoms with Crippen LogP contribution in [0.5, 0.6) is 5.88 Å². The molecule has 1 aromatic carbocycles. The third-order valence-corrected chi connectivity index (χ3v) is 6.79. The molecule has 1 aliphatic carbocycles. The second-order valence-electron chi connectivity index (χ2n) is 7.29. The molecular formula is C20H26N4O3S. The number of nitrogens with one attached hydrogen (secondary N) is 1. The zero-order chi connectivity index (χ0) is 19.4. The van der Waals surface area contributed by atoms with E-state index in [2.05, 4.69) is 19.6 Å². The minimum Gasteiger partial charge on any atom is -0.476 e. The van der Waals surface area contributed by atoms with E-state index in [4.69, 9.17) is 4.74 Å². The normalized spacial score (nSPS) is 16.8. The topological polar surface area (TPSA) is 84.4 Å². The van der Waals surface area contributed by atoms with Crippen LogP contribution < -0.4 is 14.4 Å². The SMILES string of the molecule is O=S(=O)(NCCOc1cc(N2CCCC2)ncn1)c1ccc2c(c1)CCCC2. The van der Waals surface area contributed by atoms with E-state index in [9.17, 15) is 8.42 Å². The lowest BCUT2D eigenvalue weighted by Crippen LogP contribution is -2.28. The lowest BCUT2D eigenvalue weighted by molar-refractivity contribution is 0.310. The Bertz CT molecular complexity index is 927. The largest absolute Gasteiger partial charge is 0.476 e. The van der Waals surface area contributed by atoms with Crippen LogP contribution in [0.15, 0.2) is 35.5 Å². The average molecular weight is 403 g/mol. The number of fused-ring (bicyclic) bond motifs is 1. The first kappa shape index (κ1) is 19.1. The molecule has 1 aromatic heterocycles. The van der Waals surface area contributed by atoms with Crippen molar-refractivity contribution in [3.63, 3.8) is 0 Å². The van der Waals surface area contributed by atoms with Gasteiger partial charge in [0.1, 0.15) is 18.8 Å². The van der Waals surface area contributed by atoms with Gasteiger partial charge in [-0.2, -0.15) is 0 Å². The molecule has 0 atom stereocenters. The van der Waals surface area contributed by atoms with Crippen molar-refractivity contribution >= 4 is 15.8 Å². The highest BCUT2D eigenvalue weighted by atomic mass is 32.2. The standard InChI is InChI=1S/C20H26N4O3S/c25-28(26,18-8-7-16-5-1-2-6-17(16)13-18)23-9-12-27-20-14-19(21-15-22-20)24-10-3-4-11-24/h7-8,13-15,23H,1-6,9-12H2. The number of hydrogen-bond acceptors (Lipinski definition) is 6. The summed E-state index contributed by atoms with van der Waals surface area (Å²) in [6.45, 7) is 2.39. The van der Waals surface area contributed by atoms with Crippen LogP contribution >= 0.6 is 0 Å². The van der Waals surface area contributed by atoms with Crippen molar-refractivity contribution in [2.24, 2.45) is 0 Å². The van der Waals surface area contributed by atoms with Crippen molar-refractivity contribution < 1.29 is 13.2 Å². The Kier molecular flexibility index (Phi) is 5.77. The van der Waals surface area contributed by atoms with Crippen molar-refractivity contribution in [2.45, 2.75) is 43.4 Å². The third kappa shape index (κ3) is 4.44. The van der Waals surface area contributed by atoms with Crippen molar-refractivity contribution in [1.82, 2.24) is 14.7 Å². The first-order valence-electron chi connectivity index (χ1n) is 9.93. The van der Waals surface area contributed by atoms with Gasteiger partial charge in [0.25, 0.3) is 0 Å². The maximum absolute atomic E-state index is 12.6. The maximum Gasteiger partial charge on any atom is 0.240 e. The van der Waals surface area contributed by atoms with E-state index in [-0.39, 0.29) is 13.2 Å². The predicted molar refractivity (Wildman–Crippen MR) is 107 cm³/mol. The highest BCUT2D eigenvalue weighted by Gasteiger charge is 2.18. The molecule has 150 valence electrons. The minimum atomic E-state index is -3.54. The number of aromatic nitrogens is 2. The molecule has 0 unspecified atom stereocenters. The van der Waals surface area contributed by atoms with Crippen LogP contribution in [0, 0.1) is 0 Å². The zero-order valence-corrected chi connectivity index (χ0v) is 16.7. The fraction of sp³-hybridized carbons (Fsp3) is 0.500. The summed E-state index contributed by atoms with van der Waals surface area (Å²) in [7, 11) is -3.54. The van der Waals surface area contributed by atoms with Crippen molar-refractivity contribution in [3.05, 3.63) is 41.7 Å². The first-order valence-corrected chi connectivity index (χ1v) is 11.4. The van der Waals surface area contributed by atoms with Gasteiger partial charge < -0.3 is 9.64 Å². The fourth-order valence-corrected chi connectivity index (χ4v) is 4.88. The van der Waals surface area contributed by atoms with E-state index >= 15 is 0 Å². The van der Waals surface area contributed by atoms with E-state index in [1.54, 1.807) is 6.07 Å². The van der Waals surface area contributed by atoms with Crippen LogP contribution in [0.25, 0.3) is 0 Å². The average Bonchev–Trinajstić information content (AvgIpc) is 3.26. The van der Waals surface area contributed by atoms with Gasteiger partial charge in [0.2, 0.25) is 15.9 Å². The van der Waals surface area contributed by atoms with Crippen LogP contribution in [0.1, 0.15) is 36.8 Å². The highest BCUT2D eigenvalue weighted by Crippen LogP contribution is 2.24. The number of ether oxygens (including phenoxy) is 1. The molecule has 2 aromatic rings. The number of hydrogen-bond donors (Lipinski definition) is 1. The predicted octanol–water partition coefficient (Wildman–Crippen LogP) is 2.31. The molecule has 0 amide bonds. The summed E-state index contributed by atoms with van der Waals surface area (Å²) in [4.78, 5) is 10.9. The summed E-state index contributed by atoms with van der Waals surface area (Å²) in [5.41, 5.74) is 2.42. The zero-order valence-electron chi connectivity index (χ0n) is 15.9. The highest BCUT2D eigenvalue weighted by molar-refractivity contribution is 7.89. The quantitative estimate of drug-likeness (QED) is 0.716. The van der Waals surface area contributed by atoms with E-state index < -0.39 is 10.0 Å². The Hall–Kier alpha value is -2.19. The van der Waals surface area contributed by atoms with Gasteiger partial charge in [-0.05, 0) is 61.8 Å². The van der Waals surface area contributed by atoms with Crippen LogP contribution in [0.2, 0.25) is 0 Å². The van der Waals surface area contributed by atoms with Crippen molar-refractivity contribution in [1.29, 1.82) is 0 Å². The molecule has 2 aliphatic rings. The summed E-state index contributed by atoms with van der Waals surface area (Å²) in [6.07, 6.45) is 8.12. The molecule has 0 bridgehead atoms. The summed E-state index contributed by atoms with van der Waals surface area (Å²) in [5, 5.41) is 0. The minimum absolute atomic E-state index is 0.183. The Labute approximate surface area is 166 Å². The number of anilines is 1. The molecule has 1 saturated heterocycles. The van der Waals surface area contributed by atoms with E-state index in [1.807, 2.05) is 18.2 Å². The summed E-state index contributed by atoms with van der Waals surface area (Å²) < 4.78 is 33.4. The molecule has 1 fully saturated rings. The number of benzene rings is 1. The van der Waals surface area contributed by atoms with Gasteiger partial charge in [0.05, 0.1) is 4.90 Å². The molecular weight excluding hydrogens is 376 g/mol. The Balaban J connectivity index is 1.31. The molecule has 4 rings (SSSR count). The van der Waals surface area contributed by atoms with Gasteiger partial charge in [0.15, 0.2) is 0 Å². The van der Waals surface area contributed by atoms with E-state index in [0.29, 0.717) is 10.8 Å². The number of nitrogens with zero attached hydrogens (tertiary/aromatic N) is 3. The molecule has 1 N–H and O–H groups in total. The van der Waals surface area contributed by atoms with Crippen LogP contribution in [0.4, 0.5) is 5.82 Å². The van der Waals surface area contributed by atoms with Gasteiger partial charge in [-0.15, -0.1) is 0 Å². The van der Waals surface area contributed by atoms with E-state index in [1.165, 1.54) is 31.2 Å². The van der Waals surface area contributed by atoms with Crippen LogP contribution in [-0.2, 0) is 22.9 Å². The molecule has 8 heteroatoms. The number of sulfonamides is 1. The van der Waals surface area contributed by atoms with Gasteiger partial charge in [-0.1, -0.05) is 6.07 Å². The second kappa shape index (κ2) is 8.45. The third-order valence-electron chi connectivity index (χ3n) is 5.33. The second-order valence-corrected chi connectivity index (χ2v) is 9.06. The number of aryl methyl sites for hydroxylation is 2. The van der Waals surface area contributed by atoms with Crippen LogP contribution in [0.3, 0.4) is 0 Å². The monoisotopic (exact) mass is 402 g/mol. The Morgan fingerprint density at radius 3 is 2.61 bits per heavy atom. The number of rotatable bonds is 7. The molecule has 2 heterocycles. The first-order chi connectivity index (χ1) is 13.6. The van der Waals surface area contributed by atoms with Gasteiger partial charge >= 0.3 is 0 Å². The smallest absolute Gasteiger partial charge is 0.240 e. The fourth-order valence-electron chi connectivity index (χ4n) is 3.82. The van der Waals surface area contributed by atoms with Gasteiger partial charge in [0, 0.05) is 25.7 Å². The van der Waals surface area contributed by atoms with E-state index in [0.717, 1.165) is 43.7 Å². The summed E-state index contributed by atoms with van der Waals surface area (Å²) in [5.74, 6) is 1.32.